The number of urea groups is 1. The molecule has 2 amide bonds. The van der Waals surface area contributed by atoms with Crippen LogP contribution in [0, 0.1) is 5.82 Å². The summed E-state index contributed by atoms with van der Waals surface area (Å²) in [4.78, 5) is 15.8. The van der Waals surface area contributed by atoms with Gasteiger partial charge in [0.15, 0.2) is 0 Å². The van der Waals surface area contributed by atoms with Gasteiger partial charge in [0.2, 0.25) is 0 Å². The van der Waals surface area contributed by atoms with Crippen molar-refractivity contribution in [2.45, 2.75) is 13.1 Å². The zero-order valence-corrected chi connectivity index (χ0v) is 13.5. The maximum absolute atomic E-state index is 12.8. The Balaban J connectivity index is 1.41. The second-order valence-electron chi connectivity index (χ2n) is 5.44. The van der Waals surface area contributed by atoms with E-state index in [1.165, 1.54) is 12.1 Å². The van der Waals surface area contributed by atoms with E-state index in [1.54, 1.807) is 29.2 Å². The van der Waals surface area contributed by atoms with Crippen molar-refractivity contribution in [3.8, 4) is 11.3 Å². The average Bonchev–Trinajstić information content (AvgIpc) is 3.11. The third-order valence-electron chi connectivity index (χ3n) is 3.61. The van der Waals surface area contributed by atoms with Gasteiger partial charge in [0.1, 0.15) is 5.82 Å². The van der Waals surface area contributed by atoms with Crippen molar-refractivity contribution in [3.05, 3.63) is 72.4 Å². The first-order chi connectivity index (χ1) is 12.2. The lowest BCUT2D eigenvalue weighted by Crippen LogP contribution is -2.36. The maximum atomic E-state index is 12.8. The molecule has 0 aliphatic carbocycles. The molecule has 3 aromatic rings. The summed E-state index contributed by atoms with van der Waals surface area (Å²) >= 11 is 0. The lowest BCUT2D eigenvalue weighted by atomic mass is 10.2. The molecule has 7 heteroatoms. The van der Waals surface area contributed by atoms with Gasteiger partial charge in [0.05, 0.1) is 12.2 Å². The normalized spacial score (nSPS) is 10.4. The minimum absolute atomic E-state index is 0.272. The minimum atomic E-state index is -0.293. The number of carbonyl (C=O) groups excluding carboxylic acids is 1. The number of halogens is 1. The number of nitrogens with zero attached hydrogens (tertiary/aromatic N) is 3. The summed E-state index contributed by atoms with van der Waals surface area (Å²) in [6.07, 6.45) is 5.32. The van der Waals surface area contributed by atoms with Gasteiger partial charge in [-0.15, -0.1) is 0 Å². The number of hydrogen-bond donors (Lipinski definition) is 2. The molecule has 3 rings (SSSR count). The van der Waals surface area contributed by atoms with Crippen LogP contribution in [0.5, 0.6) is 0 Å². The van der Waals surface area contributed by atoms with E-state index in [0.29, 0.717) is 19.6 Å². The Morgan fingerprint density at radius 3 is 2.56 bits per heavy atom. The zero-order chi connectivity index (χ0) is 17.5. The van der Waals surface area contributed by atoms with Crippen molar-refractivity contribution < 1.29 is 9.18 Å². The molecule has 2 heterocycles. The summed E-state index contributed by atoms with van der Waals surface area (Å²) in [6, 6.07) is 11.5. The Morgan fingerprint density at radius 2 is 1.80 bits per heavy atom. The standard InChI is InChI=1S/C18H18FN5O/c19-16-3-1-14(2-4-16)13-22-18(25)21-10-12-24-11-7-17(23-24)15-5-8-20-9-6-15/h1-9,11H,10,12-13H2,(H2,21,22,25). The van der Waals surface area contributed by atoms with Gasteiger partial charge in [-0.05, 0) is 35.9 Å². The van der Waals surface area contributed by atoms with E-state index in [1.807, 2.05) is 24.4 Å². The molecule has 0 saturated heterocycles. The quantitative estimate of drug-likeness (QED) is 0.725. The topological polar surface area (TPSA) is 71.8 Å². The molecule has 0 unspecified atom stereocenters. The summed E-state index contributed by atoms with van der Waals surface area (Å²) in [7, 11) is 0. The Morgan fingerprint density at radius 1 is 1.04 bits per heavy atom. The highest BCUT2D eigenvalue weighted by molar-refractivity contribution is 5.73. The van der Waals surface area contributed by atoms with Crippen LogP contribution in [-0.2, 0) is 13.1 Å². The fourth-order valence-corrected chi connectivity index (χ4v) is 2.29. The second-order valence-corrected chi connectivity index (χ2v) is 5.44. The van der Waals surface area contributed by atoms with Crippen LogP contribution in [0.2, 0.25) is 0 Å². The van der Waals surface area contributed by atoms with Crippen molar-refractivity contribution >= 4 is 6.03 Å². The predicted octanol–water partition coefficient (Wildman–Crippen LogP) is 2.58. The number of pyridine rings is 1. The van der Waals surface area contributed by atoms with Crippen molar-refractivity contribution in [3.63, 3.8) is 0 Å². The molecule has 0 radical (unpaired) electrons. The van der Waals surface area contributed by atoms with Gasteiger partial charge in [-0.2, -0.15) is 5.10 Å². The molecule has 0 bridgehead atoms. The first kappa shape index (κ1) is 16.6. The van der Waals surface area contributed by atoms with E-state index in [-0.39, 0.29) is 11.8 Å². The lowest BCUT2D eigenvalue weighted by molar-refractivity contribution is 0.240. The molecule has 0 aliphatic rings. The summed E-state index contributed by atoms with van der Waals surface area (Å²) in [5.41, 5.74) is 2.70. The minimum Gasteiger partial charge on any atom is -0.336 e. The third kappa shape index (κ3) is 4.87. The van der Waals surface area contributed by atoms with Crippen LogP contribution >= 0.6 is 0 Å². The van der Waals surface area contributed by atoms with Gasteiger partial charge in [-0.25, -0.2) is 9.18 Å². The molecular formula is C18H18FN5O. The summed E-state index contributed by atoms with van der Waals surface area (Å²) in [5, 5.41) is 9.95. The van der Waals surface area contributed by atoms with Gasteiger partial charge >= 0.3 is 6.03 Å². The first-order valence-corrected chi connectivity index (χ1v) is 7.91. The Kier molecular flexibility index (Phi) is 5.36. The van der Waals surface area contributed by atoms with Crippen LogP contribution in [0.1, 0.15) is 5.56 Å². The van der Waals surface area contributed by atoms with E-state index in [2.05, 4.69) is 20.7 Å². The molecule has 0 fully saturated rings. The zero-order valence-electron chi connectivity index (χ0n) is 13.5. The Labute approximate surface area is 144 Å². The van der Waals surface area contributed by atoms with Crippen LogP contribution in [-0.4, -0.2) is 27.3 Å². The predicted molar refractivity (Wildman–Crippen MR) is 92.1 cm³/mol. The van der Waals surface area contributed by atoms with Crippen LogP contribution in [0.4, 0.5) is 9.18 Å². The summed E-state index contributed by atoms with van der Waals surface area (Å²) in [6.45, 7) is 1.36. The van der Waals surface area contributed by atoms with Crippen LogP contribution < -0.4 is 10.6 Å². The monoisotopic (exact) mass is 339 g/mol. The highest BCUT2D eigenvalue weighted by Crippen LogP contribution is 2.14. The van der Waals surface area contributed by atoms with Crippen molar-refractivity contribution in [1.29, 1.82) is 0 Å². The SMILES string of the molecule is O=C(NCCn1ccc(-c2ccncc2)n1)NCc1ccc(F)cc1. The van der Waals surface area contributed by atoms with Crippen molar-refractivity contribution in [1.82, 2.24) is 25.4 Å². The fourth-order valence-electron chi connectivity index (χ4n) is 2.29. The highest BCUT2D eigenvalue weighted by Gasteiger charge is 2.03. The third-order valence-corrected chi connectivity index (χ3v) is 3.61. The molecule has 0 atom stereocenters. The van der Waals surface area contributed by atoms with Gasteiger partial charge < -0.3 is 10.6 Å². The number of nitrogens with one attached hydrogen (secondary N) is 2. The van der Waals surface area contributed by atoms with Crippen molar-refractivity contribution in [2.75, 3.05) is 6.54 Å². The van der Waals surface area contributed by atoms with Crippen molar-refractivity contribution in [2.24, 2.45) is 0 Å². The van der Waals surface area contributed by atoms with Gasteiger partial charge in [0.25, 0.3) is 0 Å². The molecule has 25 heavy (non-hydrogen) atoms. The molecule has 2 N–H and O–H groups in total. The number of aromatic nitrogens is 3. The van der Waals surface area contributed by atoms with Gasteiger partial charge in [0, 0.05) is 37.2 Å². The molecule has 6 nitrogen and oxygen atoms in total. The molecule has 2 aromatic heterocycles. The van der Waals surface area contributed by atoms with Crippen LogP contribution in [0.25, 0.3) is 11.3 Å². The molecule has 1 aromatic carbocycles. The van der Waals surface area contributed by atoms with E-state index in [4.69, 9.17) is 0 Å². The number of rotatable bonds is 6. The van der Waals surface area contributed by atoms with E-state index in [0.717, 1.165) is 16.8 Å². The number of carbonyl (C=O) groups is 1. The Hall–Kier alpha value is -3.22. The van der Waals surface area contributed by atoms with E-state index >= 15 is 0 Å². The molecule has 0 spiro atoms. The van der Waals surface area contributed by atoms with Crippen LogP contribution in [0.3, 0.4) is 0 Å². The van der Waals surface area contributed by atoms with Gasteiger partial charge in [-0.3, -0.25) is 9.67 Å². The Bertz CT molecular complexity index is 817. The highest BCUT2D eigenvalue weighted by atomic mass is 19.1. The smallest absolute Gasteiger partial charge is 0.315 e. The number of benzene rings is 1. The van der Waals surface area contributed by atoms with E-state index < -0.39 is 0 Å². The van der Waals surface area contributed by atoms with E-state index in [9.17, 15) is 9.18 Å². The van der Waals surface area contributed by atoms with Gasteiger partial charge in [-0.1, -0.05) is 12.1 Å². The molecule has 128 valence electrons. The molecule has 0 aliphatic heterocycles. The second kappa shape index (κ2) is 8.05. The lowest BCUT2D eigenvalue weighted by Gasteiger charge is -2.08. The molecule has 0 saturated carbocycles. The average molecular weight is 339 g/mol. The number of amides is 2. The summed E-state index contributed by atoms with van der Waals surface area (Å²) in [5.74, 6) is -0.293. The number of hydrogen-bond acceptors (Lipinski definition) is 3. The largest absolute Gasteiger partial charge is 0.336 e. The first-order valence-electron chi connectivity index (χ1n) is 7.91. The van der Waals surface area contributed by atoms with Crippen LogP contribution in [0.15, 0.2) is 61.1 Å². The summed E-state index contributed by atoms with van der Waals surface area (Å²) < 4.78 is 14.6. The molecular weight excluding hydrogens is 321 g/mol. The maximum Gasteiger partial charge on any atom is 0.315 e. The fraction of sp³-hybridized carbons (Fsp3) is 0.167.